The molecule has 96 valence electrons. The van der Waals surface area contributed by atoms with Gasteiger partial charge in [-0.2, -0.15) is 0 Å². The molecule has 0 saturated carbocycles. The molecule has 1 aliphatic heterocycles. The molecule has 1 amide bonds. The molecule has 0 aliphatic carbocycles. The number of rotatable bonds is 3. The molecular weight excluding hydrogens is 266 g/mol. The van der Waals surface area contributed by atoms with Gasteiger partial charge in [0, 0.05) is 4.88 Å². The Bertz CT molecular complexity index is 655. The molecule has 3 rings (SSSR count). The summed E-state index contributed by atoms with van der Waals surface area (Å²) in [6, 6.07) is 6.07. The number of thiophene rings is 1. The van der Waals surface area contributed by atoms with E-state index in [0.29, 0.717) is 0 Å². The van der Waals surface area contributed by atoms with Crippen LogP contribution in [0.4, 0.5) is 0 Å². The Kier molecular flexibility index (Phi) is 2.72. The lowest BCUT2D eigenvalue weighted by Gasteiger charge is -2.10. The molecule has 2 N–H and O–H groups in total. The van der Waals surface area contributed by atoms with Gasteiger partial charge in [0.15, 0.2) is 11.5 Å². The number of hydrogen-bond acceptors (Lipinski definition) is 5. The van der Waals surface area contributed by atoms with Gasteiger partial charge in [0.1, 0.15) is 0 Å². The van der Waals surface area contributed by atoms with Gasteiger partial charge in [-0.15, -0.1) is 11.3 Å². The van der Waals surface area contributed by atoms with Gasteiger partial charge in [-0.3, -0.25) is 9.59 Å². The van der Waals surface area contributed by atoms with Gasteiger partial charge in [-0.1, -0.05) is 6.07 Å². The number of aliphatic hydroxyl groups excluding tert-OH is 1. The predicted molar refractivity (Wildman–Crippen MR) is 67.9 cm³/mol. The maximum atomic E-state index is 12.3. The third-order valence-corrected chi connectivity index (χ3v) is 3.79. The number of ketones is 1. The summed E-state index contributed by atoms with van der Waals surface area (Å²) in [5.74, 6) is -1.58. The van der Waals surface area contributed by atoms with E-state index in [1.54, 1.807) is 12.1 Å². The first-order valence-corrected chi connectivity index (χ1v) is 6.42. The second-order valence-corrected chi connectivity index (χ2v) is 4.97. The fraction of sp³-hybridized carbons (Fsp3) is 0.0769. The molecule has 1 atom stereocenters. The highest BCUT2D eigenvalue weighted by molar-refractivity contribution is 7.10. The number of Topliss-reactive ketones (excluding diaryl/α,β-unsaturated/α-hetero) is 1. The summed E-state index contributed by atoms with van der Waals surface area (Å²) < 4.78 is 5.03. The number of carbonyl (C=O) groups excluding carboxylic acids is 2. The molecule has 1 aliphatic rings. The number of furan rings is 1. The van der Waals surface area contributed by atoms with Crippen molar-refractivity contribution in [3.05, 3.63) is 57.9 Å². The van der Waals surface area contributed by atoms with Crippen LogP contribution in [-0.4, -0.2) is 16.8 Å². The van der Waals surface area contributed by atoms with E-state index in [9.17, 15) is 14.7 Å². The highest BCUT2D eigenvalue weighted by Crippen LogP contribution is 2.33. The van der Waals surface area contributed by atoms with Crippen LogP contribution in [0.15, 0.2) is 51.7 Å². The maximum Gasteiger partial charge on any atom is 0.287 e. The molecule has 3 heterocycles. The molecule has 0 fully saturated rings. The Morgan fingerprint density at radius 1 is 1.37 bits per heavy atom. The van der Waals surface area contributed by atoms with Crippen LogP contribution in [0.5, 0.6) is 0 Å². The molecule has 0 saturated heterocycles. The van der Waals surface area contributed by atoms with E-state index < -0.39 is 23.5 Å². The molecule has 0 radical (unpaired) electrons. The average Bonchev–Trinajstić information content (AvgIpc) is 3.11. The fourth-order valence-corrected chi connectivity index (χ4v) is 2.76. The van der Waals surface area contributed by atoms with Gasteiger partial charge in [0.25, 0.3) is 5.91 Å². The third kappa shape index (κ3) is 1.86. The van der Waals surface area contributed by atoms with E-state index in [2.05, 4.69) is 5.32 Å². The molecule has 0 spiro atoms. The molecule has 0 unspecified atom stereocenters. The van der Waals surface area contributed by atoms with Crippen molar-refractivity contribution in [3.63, 3.8) is 0 Å². The minimum Gasteiger partial charge on any atom is -0.503 e. The van der Waals surface area contributed by atoms with Crippen LogP contribution in [0.25, 0.3) is 0 Å². The number of hydrogen-bond donors (Lipinski definition) is 2. The Balaban J connectivity index is 2.05. The molecule has 2 aromatic heterocycles. The van der Waals surface area contributed by atoms with Crippen molar-refractivity contribution in [3.8, 4) is 0 Å². The number of amides is 1. The normalized spacial score (nSPS) is 18.7. The van der Waals surface area contributed by atoms with Gasteiger partial charge >= 0.3 is 0 Å². The van der Waals surface area contributed by atoms with Crippen LogP contribution in [0, 0.1) is 0 Å². The molecule has 2 aromatic rings. The second kappa shape index (κ2) is 4.40. The van der Waals surface area contributed by atoms with Crippen LogP contribution in [0.2, 0.25) is 0 Å². The highest BCUT2D eigenvalue weighted by atomic mass is 32.1. The van der Waals surface area contributed by atoms with Crippen molar-refractivity contribution in [2.45, 2.75) is 6.04 Å². The number of nitrogens with one attached hydrogen (secondary N) is 1. The summed E-state index contributed by atoms with van der Waals surface area (Å²) in [6.07, 6.45) is 1.37. The van der Waals surface area contributed by atoms with Crippen molar-refractivity contribution in [1.82, 2.24) is 5.32 Å². The lowest BCUT2D eigenvalue weighted by molar-refractivity contribution is -0.119. The average molecular weight is 275 g/mol. The summed E-state index contributed by atoms with van der Waals surface area (Å²) in [5.41, 5.74) is 0.0300. The minimum atomic E-state index is -0.645. The van der Waals surface area contributed by atoms with Gasteiger partial charge in [0.2, 0.25) is 5.78 Å². The maximum absolute atomic E-state index is 12.3. The van der Waals surface area contributed by atoms with Crippen LogP contribution in [0.1, 0.15) is 21.5 Å². The van der Waals surface area contributed by atoms with Crippen molar-refractivity contribution in [2.24, 2.45) is 0 Å². The first-order valence-electron chi connectivity index (χ1n) is 5.54. The molecular formula is C13H9NO4S. The van der Waals surface area contributed by atoms with Crippen molar-refractivity contribution < 1.29 is 19.1 Å². The number of aliphatic hydroxyl groups is 1. The summed E-state index contributed by atoms with van der Waals surface area (Å²) >= 11 is 1.40. The first kappa shape index (κ1) is 11.7. The fourth-order valence-electron chi connectivity index (χ4n) is 1.98. The molecule has 0 aromatic carbocycles. The zero-order valence-electron chi connectivity index (χ0n) is 9.62. The Hall–Kier alpha value is -2.34. The van der Waals surface area contributed by atoms with Gasteiger partial charge in [-0.05, 0) is 23.6 Å². The Labute approximate surface area is 112 Å². The topological polar surface area (TPSA) is 79.5 Å². The van der Waals surface area contributed by atoms with E-state index in [-0.39, 0.29) is 11.3 Å². The third-order valence-electron chi connectivity index (χ3n) is 2.85. The SMILES string of the molecule is O=C1N[C@@H](c2cccs2)C(C(=O)c2ccco2)=C1O. The monoisotopic (exact) mass is 275 g/mol. The summed E-state index contributed by atoms with van der Waals surface area (Å²) in [5, 5.41) is 14.2. The Morgan fingerprint density at radius 2 is 2.21 bits per heavy atom. The summed E-state index contributed by atoms with van der Waals surface area (Å²) in [7, 11) is 0. The smallest absolute Gasteiger partial charge is 0.287 e. The summed E-state index contributed by atoms with van der Waals surface area (Å²) in [6.45, 7) is 0. The standard InChI is InChI=1S/C13H9NO4S/c15-11(7-3-1-5-18-7)9-10(8-4-2-6-19-8)14-13(17)12(9)16/h1-6,10,16H,(H,14,17)/t10-/m0/s1. The summed E-state index contributed by atoms with van der Waals surface area (Å²) in [4.78, 5) is 24.6. The minimum absolute atomic E-state index is 0.0300. The highest BCUT2D eigenvalue weighted by Gasteiger charge is 2.38. The lowest BCUT2D eigenvalue weighted by Crippen LogP contribution is -2.22. The predicted octanol–water partition coefficient (Wildman–Crippen LogP) is 2.21. The second-order valence-electron chi connectivity index (χ2n) is 3.99. The zero-order valence-corrected chi connectivity index (χ0v) is 10.4. The van der Waals surface area contributed by atoms with Gasteiger partial charge < -0.3 is 14.8 Å². The van der Waals surface area contributed by atoms with Crippen molar-refractivity contribution in [1.29, 1.82) is 0 Å². The van der Waals surface area contributed by atoms with Crippen LogP contribution < -0.4 is 5.32 Å². The first-order chi connectivity index (χ1) is 9.18. The zero-order chi connectivity index (χ0) is 13.4. The molecule has 5 nitrogen and oxygen atoms in total. The van der Waals surface area contributed by atoms with Crippen LogP contribution >= 0.6 is 11.3 Å². The lowest BCUT2D eigenvalue weighted by atomic mass is 10.0. The van der Waals surface area contributed by atoms with E-state index in [1.165, 1.54) is 23.7 Å². The van der Waals surface area contributed by atoms with Crippen LogP contribution in [0.3, 0.4) is 0 Å². The van der Waals surface area contributed by atoms with E-state index in [1.807, 2.05) is 11.4 Å². The van der Waals surface area contributed by atoms with E-state index in [4.69, 9.17) is 4.42 Å². The van der Waals surface area contributed by atoms with E-state index in [0.717, 1.165) is 4.88 Å². The largest absolute Gasteiger partial charge is 0.503 e. The quantitative estimate of drug-likeness (QED) is 0.842. The van der Waals surface area contributed by atoms with Crippen molar-refractivity contribution in [2.75, 3.05) is 0 Å². The van der Waals surface area contributed by atoms with Gasteiger partial charge in [0.05, 0.1) is 17.9 Å². The number of carbonyl (C=O) groups is 2. The van der Waals surface area contributed by atoms with Crippen molar-refractivity contribution >= 4 is 23.0 Å². The van der Waals surface area contributed by atoms with E-state index >= 15 is 0 Å². The molecule has 19 heavy (non-hydrogen) atoms. The molecule has 6 heteroatoms. The Morgan fingerprint density at radius 3 is 2.84 bits per heavy atom. The van der Waals surface area contributed by atoms with Gasteiger partial charge in [-0.25, -0.2) is 0 Å². The molecule has 0 bridgehead atoms. The van der Waals surface area contributed by atoms with Crippen LogP contribution in [-0.2, 0) is 4.79 Å².